The third-order valence-electron chi connectivity index (χ3n) is 3.42. The summed E-state index contributed by atoms with van der Waals surface area (Å²) in [5.74, 6) is 0. The number of hydrogen-bond acceptors (Lipinski definition) is 3. The lowest BCUT2D eigenvalue weighted by atomic mass is 10.0. The van der Waals surface area contributed by atoms with Crippen molar-refractivity contribution in [1.82, 2.24) is 10.3 Å². The molecule has 0 aliphatic carbocycles. The molecular weight excluding hydrogens is 224 g/mol. The van der Waals surface area contributed by atoms with Gasteiger partial charge >= 0.3 is 0 Å². The lowest BCUT2D eigenvalue weighted by Crippen LogP contribution is -2.20. The second kappa shape index (κ2) is 5.04. The van der Waals surface area contributed by atoms with Crippen LogP contribution in [-0.2, 0) is 4.74 Å². The summed E-state index contributed by atoms with van der Waals surface area (Å²) in [7, 11) is 0. The Morgan fingerprint density at radius 2 is 2.28 bits per heavy atom. The van der Waals surface area contributed by atoms with Crippen LogP contribution in [0, 0.1) is 6.92 Å². The van der Waals surface area contributed by atoms with Gasteiger partial charge in [-0.05, 0) is 43.7 Å². The third kappa shape index (κ3) is 2.24. The fraction of sp³-hybridized carbons (Fsp3) is 0.400. The van der Waals surface area contributed by atoms with E-state index in [-0.39, 0.29) is 6.10 Å². The summed E-state index contributed by atoms with van der Waals surface area (Å²) >= 11 is 0. The number of hydrogen-bond donors (Lipinski definition) is 1. The lowest BCUT2D eigenvalue weighted by molar-refractivity contribution is 0.0678. The van der Waals surface area contributed by atoms with Gasteiger partial charge in [-0.15, -0.1) is 0 Å². The van der Waals surface area contributed by atoms with Crippen LogP contribution in [0.5, 0.6) is 0 Å². The summed E-state index contributed by atoms with van der Waals surface area (Å²) in [6.45, 7) is 4.86. The van der Waals surface area contributed by atoms with Gasteiger partial charge in [-0.2, -0.15) is 0 Å². The van der Waals surface area contributed by atoms with Gasteiger partial charge in [-0.3, -0.25) is 4.98 Å². The van der Waals surface area contributed by atoms with Crippen LogP contribution in [0.25, 0.3) is 10.9 Å². The van der Waals surface area contributed by atoms with Crippen LogP contribution < -0.4 is 5.32 Å². The van der Waals surface area contributed by atoms with Crippen molar-refractivity contribution in [2.45, 2.75) is 19.4 Å². The molecule has 0 spiro atoms. The normalized spacial score (nSPS) is 20.8. The molecule has 3 heteroatoms. The van der Waals surface area contributed by atoms with E-state index in [0.29, 0.717) is 0 Å². The predicted octanol–water partition coefficient (Wildman–Crippen LogP) is 2.59. The topological polar surface area (TPSA) is 34.2 Å². The van der Waals surface area contributed by atoms with Crippen LogP contribution in [-0.4, -0.2) is 24.7 Å². The number of aromatic nitrogens is 1. The van der Waals surface area contributed by atoms with Crippen LogP contribution in [0.3, 0.4) is 0 Å². The first-order chi connectivity index (χ1) is 8.84. The largest absolute Gasteiger partial charge is 0.372 e. The molecule has 2 aromatic rings. The number of nitrogens with zero attached hydrogens (tertiary/aromatic N) is 1. The molecule has 2 heterocycles. The van der Waals surface area contributed by atoms with E-state index < -0.39 is 0 Å². The Hall–Kier alpha value is -1.45. The Morgan fingerprint density at radius 1 is 1.33 bits per heavy atom. The van der Waals surface area contributed by atoms with Crippen molar-refractivity contribution in [3.05, 3.63) is 41.6 Å². The number of rotatable bonds is 1. The molecule has 1 aliphatic heterocycles. The number of pyridine rings is 1. The Labute approximate surface area is 107 Å². The van der Waals surface area contributed by atoms with Gasteiger partial charge in [0.2, 0.25) is 0 Å². The SMILES string of the molecule is Cc1ccc2nccc(C3CNCCCO3)c2c1. The molecule has 1 aromatic carbocycles. The van der Waals surface area contributed by atoms with Gasteiger partial charge in [0.25, 0.3) is 0 Å². The maximum atomic E-state index is 5.95. The van der Waals surface area contributed by atoms with Crippen LogP contribution in [0.4, 0.5) is 0 Å². The Kier molecular flexibility index (Phi) is 3.26. The van der Waals surface area contributed by atoms with Crippen LogP contribution >= 0.6 is 0 Å². The van der Waals surface area contributed by atoms with Crippen molar-refractivity contribution in [3.8, 4) is 0 Å². The van der Waals surface area contributed by atoms with Crippen LogP contribution in [0.2, 0.25) is 0 Å². The molecule has 1 aromatic heterocycles. The average Bonchev–Trinajstić information content (AvgIpc) is 2.67. The first-order valence-corrected chi connectivity index (χ1v) is 6.52. The van der Waals surface area contributed by atoms with E-state index in [1.54, 1.807) is 0 Å². The van der Waals surface area contributed by atoms with Crippen LogP contribution in [0.15, 0.2) is 30.5 Å². The Bertz CT molecular complexity index is 545. The highest BCUT2D eigenvalue weighted by Crippen LogP contribution is 2.26. The average molecular weight is 242 g/mol. The third-order valence-corrected chi connectivity index (χ3v) is 3.42. The molecule has 1 saturated heterocycles. The zero-order chi connectivity index (χ0) is 12.4. The fourth-order valence-corrected chi connectivity index (χ4v) is 2.48. The van der Waals surface area contributed by atoms with Gasteiger partial charge in [0.05, 0.1) is 11.6 Å². The van der Waals surface area contributed by atoms with E-state index >= 15 is 0 Å². The molecule has 0 radical (unpaired) electrons. The number of ether oxygens (including phenoxy) is 1. The van der Waals surface area contributed by atoms with Gasteiger partial charge in [0, 0.05) is 24.7 Å². The second-order valence-electron chi connectivity index (χ2n) is 4.84. The van der Waals surface area contributed by atoms with E-state index in [2.05, 4.69) is 41.5 Å². The van der Waals surface area contributed by atoms with E-state index in [9.17, 15) is 0 Å². The smallest absolute Gasteiger partial charge is 0.0956 e. The monoisotopic (exact) mass is 242 g/mol. The van der Waals surface area contributed by atoms with E-state index in [4.69, 9.17) is 4.74 Å². The van der Waals surface area contributed by atoms with Crippen molar-refractivity contribution in [1.29, 1.82) is 0 Å². The maximum absolute atomic E-state index is 5.95. The van der Waals surface area contributed by atoms with Crippen LogP contribution in [0.1, 0.15) is 23.7 Å². The fourth-order valence-electron chi connectivity index (χ4n) is 2.48. The molecule has 0 bridgehead atoms. The summed E-state index contributed by atoms with van der Waals surface area (Å²) in [6, 6.07) is 8.47. The highest BCUT2D eigenvalue weighted by molar-refractivity contribution is 5.83. The number of aryl methyl sites for hydroxylation is 1. The van der Waals surface area contributed by atoms with Crippen molar-refractivity contribution in [2.75, 3.05) is 19.7 Å². The highest BCUT2D eigenvalue weighted by atomic mass is 16.5. The molecule has 0 saturated carbocycles. The minimum Gasteiger partial charge on any atom is -0.372 e. The quantitative estimate of drug-likeness (QED) is 0.834. The van der Waals surface area contributed by atoms with Crippen molar-refractivity contribution >= 4 is 10.9 Å². The summed E-state index contributed by atoms with van der Waals surface area (Å²) in [6.07, 6.45) is 3.10. The summed E-state index contributed by atoms with van der Waals surface area (Å²) in [5, 5.41) is 4.64. The molecule has 3 nitrogen and oxygen atoms in total. The predicted molar refractivity (Wildman–Crippen MR) is 72.7 cm³/mol. The molecule has 94 valence electrons. The minimum atomic E-state index is 0.139. The Balaban J connectivity index is 2.06. The van der Waals surface area contributed by atoms with Crippen molar-refractivity contribution in [2.24, 2.45) is 0 Å². The zero-order valence-corrected chi connectivity index (χ0v) is 10.6. The van der Waals surface area contributed by atoms with Gasteiger partial charge in [0.1, 0.15) is 0 Å². The molecule has 1 aliphatic rings. The molecule has 1 atom stereocenters. The zero-order valence-electron chi connectivity index (χ0n) is 10.6. The van der Waals surface area contributed by atoms with E-state index in [1.165, 1.54) is 16.5 Å². The summed E-state index contributed by atoms with van der Waals surface area (Å²) in [5.41, 5.74) is 3.56. The minimum absolute atomic E-state index is 0.139. The van der Waals surface area contributed by atoms with Gasteiger partial charge in [-0.1, -0.05) is 11.6 Å². The van der Waals surface area contributed by atoms with E-state index in [0.717, 1.165) is 31.6 Å². The lowest BCUT2D eigenvalue weighted by Gasteiger charge is -2.17. The molecule has 0 amide bonds. The highest BCUT2D eigenvalue weighted by Gasteiger charge is 2.17. The molecule has 1 unspecified atom stereocenters. The summed E-state index contributed by atoms with van der Waals surface area (Å²) < 4.78 is 5.95. The molecular formula is C15H18N2O. The molecule has 18 heavy (non-hydrogen) atoms. The van der Waals surface area contributed by atoms with Gasteiger partial charge in [-0.25, -0.2) is 0 Å². The van der Waals surface area contributed by atoms with E-state index in [1.807, 2.05) is 6.20 Å². The second-order valence-corrected chi connectivity index (χ2v) is 4.84. The first-order valence-electron chi connectivity index (χ1n) is 6.52. The molecule has 1 fully saturated rings. The molecule has 3 rings (SSSR count). The standard InChI is InChI=1S/C15H18N2O/c1-11-3-4-14-13(9-11)12(5-7-17-14)15-10-16-6-2-8-18-15/h3-5,7,9,15-16H,2,6,8,10H2,1H3. The van der Waals surface area contributed by atoms with Gasteiger partial charge < -0.3 is 10.1 Å². The first kappa shape index (κ1) is 11.6. The number of nitrogens with one attached hydrogen (secondary N) is 1. The Morgan fingerprint density at radius 3 is 3.22 bits per heavy atom. The number of benzene rings is 1. The van der Waals surface area contributed by atoms with Gasteiger partial charge in [0.15, 0.2) is 0 Å². The molecule has 1 N–H and O–H groups in total. The number of fused-ring (bicyclic) bond motifs is 1. The van der Waals surface area contributed by atoms with Crippen molar-refractivity contribution < 1.29 is 4.74 Å². The maximum Gasteiger partial charge on any atom is 0.0956 e. The van der Waals surface area contributed by atoms with Crippen molar-refractivity contribution in [3.63, 3.8) is 0 Å². The summed E-state index contributed by atoms with van der Waals surface area (Å²) in [4.78, 5) is 4.43.